The van der Waals surface area contributed by atoms with Crippen molar-refractivity contribution in [3.05, 3.63) is 200 Å². The van der Waals surface area contributed by atoms with Crippen molar-refractivity contribution in [3.8, 4) is 33.4 Å². The van der Waals surface area contributed by atoms with E-state index in [9.17, 15) is 5.48 Å². The van der Waals surface area contributed by atoms with Crippen molar-refractivity contribution in [2.75, 3.05) is 4.90 Å². The third-order valence-corrected chi connectivity index (χ3v) is 9.94. The van der Waals surface area contributed by atoms with Gasteiger partial charge in [-0.3, -0.25) is 0 Å². The molecular formula is C50H33NO. The highest BCUT2D eigenvalue weighted by Gasteiger charge is 2.20. The van der Waals surface area contributed by atoms with Crippen molar-refractivity contribution in [1.29, 1.82) is 0 Å². The number of furan rings is 1. The second-order valence-electron chi connectivity index (χ2n) is 13.0. The van der Waals surface area contributed by atoms with Gasteiger partial charge in [0.25, 0.3) is 0 Å². The SMILES string of the molecule is [2H]c1c([2H])c(N(c2ccc(-c3ccccc3)cc2)c2ccccc2-c2cccc3c2ccc2c4ccccc4oc32)c([2H])c([2H])c1-c1ccc2ccccc2c1. The molecular weight excluding hydrogens is 631 g/mol. The summed E-state index contributed by atoms with van der Waals surface area (Å²) in [5.41, 5.74) is 8.08. The first-order valence-corrected chi connectivity index (χ1v) is 17.4. The van der Waals surface area contributed by atoms with Gasteiger partial charge in [0, 0.05) is 33.1 Å². The van der Waals surface area contributed by atoms with Gasteiger partial charge in [-0.2, -0.15) is 0 Å². The van der Waals surface area contributed by atoms with Crippen LogP contribution in [0.1, 0.15) is 5.48 Å². The summed E-state index contributed by atoms with van der Waals surface area (Å²) >= 11 is 0. The predicted molar refractivity (Wildman–Crippen MR) is 220 cm³/mol. The smallest absolute Gasteiger partial charge is 0.143 e. The molecule has 10 aromatic rings. The molecule has 0 spiro atoms. The van der Waals surface area contributed by atoms with E-state index in [0.29, 0.717) is 11.3 Å². The van der Waals surface area contributed by atoms with E-state index in [1.165, 1.54) is 0 Å². The van der Waals surface area contributed by atoms with Crippen LogP contribution in [0, 0.1) is 0 Å². The summed E-state index contributed by atoms with van der Waals surface area (Å²) in [6.07, 6.45) is 0. The molecule has 244 valence electrons. The minimum absolute atomic E-state index is 0.0999. The number of hydrogen-bond donors (Lipinski definition) is 0. The molecule has 1 heterocycles. The van der Waals surface area contributed by atoms with Crippen molar-refractivity contribution in [2.45, 2.75) is 0 Å². The summed E-state index contributed by atoms with van der Waals surface area (Å²) in [6, 6.07) is 58.0. The number of hydrogen-bond acceptors (Lipinski definition) is 2. The fraction of sp³-hybridized carbons (Fsp3) is 0. The number of anilines is 3. The molecule has 0 saturated carbocycles. The maximum atomic E-state index is 9.60. The molecule has 9 aromatic carbocycles. The standard InChI is InChI=1S/C50H33NO/c1-2-11-34(12-3-1)36-23-27-40(28-24-36)51(41-29-25-37(26-30-41)39-22-21-35-13-4-5-14-38(35)33-39)48-19-8-6-15-44(48)42-17-10-18-46-43(42)31-32-47-45-16-7-9-20-49(45)52-50(46)47/h1-33H/i25D,26D,29D,30D. The van der Waals surface area contributed by atoms with Crippen LogP contribution in [-0.2, 0) is 0 Å². The van der Waals surface area contributed by atoms with Crippen LogP contribution in [0.5, 0.6) is 0 Å². The van der Waals surface area contributed by atoms with Crippen LogP contribution in [0.2, 0.25) is 0 Å². The Balaban J connectivity index is 1.20. The van der Waals surface area contributed by atoms with Gasteiger partial charge in [-0.1, -0.05) is 152 Å². The van der Waals surface area contributed by atoms with E-state index in [1.54, 1.807) is 0 Å². The summed E-state index contributed by atoms with van der Waals surface area (Å²) in [4.78, 5) is 1.88. The molecule has 0 radical (unpaired) electrons. The number of benzene rings is 9. The molecule has 0 atom stereocenters. The molecule has 0 N–H and O–H groups in total. The van der Waals surface area contributed by atoms with Gasteiger partial charge in [0.05, 0.1) is 11.2 Å². The van der Waals surface area contributed by atoms with Gasteiger partial charge in [-0.25, -0.2) is 0 Å². The summed E-state index contributed by atoms with van der Waals surface area (Å²) < 4.78 is 44.4. The average molecular weight is 668 g/mol. The summed E-state index contributed by atoms with van der Waals surface area (Å²) in [6.45, 7) is 0. The van der Waals surface area contributed by atoms with Crippen LogP contribution in [-0.4, -0.2) is 0 Å². The zero-order valence-corrected chi connectivity index (χ0v) is 28.1. The highest BCUT2D eigenvalue weighted by atomic mass is 16.3. The topological polar surface area (TPSA) is 16.4 Å². The summed E-state index contributed by atoms with van der Waals surface area (Å²) in [7, 11) is 0. The molecule has 1 aromatic heterocycles. The predicted octanol–water partition coefficient (Wildman–Crippen LogP) is 14.4. The average Bonchev–Trinajstić information content (AvgIpc) is 3.64. The lowest BCUT2D eigenvalue weighted by atomic mass is 9.94. The van der Waals surface area contributed by atoms with E-state index < -0.39 is 0 Å². The van der Waals surface area contributed by atoms with E-state index in [1.807, 2.05) is 132 Å². The molecule has 10 rings (SSSR count). The normalized spacial score (nSPS) is 12.5. The van der Waals surface area contributed by atoms with Crippen molar-refractivity contribution in [3.63, 3.8) is 0 Å². The monoisotopic (exact) mass is 667 g/mol. The van der Waals surface area contributed by atoms with Crippen LogP contribution in [0.3, 0.4) is 0 Å². The lowest BCUT2D eigenvalue weighted by molar-refractivity contribution is 0.672. The highest BCUT2D eigenvalue weighted by Crippen LogP contribution is 2.45. The van der Waals surface area contributed by atoms with Crippen LogP contribution in [0.15, 0.2) is 205 Å². The van der Waals surface area contributed by atoms with Crippen molar-refractivity contribution in [2.24, 2.45) is 0 Å². The van der Waals surface area contributed by atoms with E-state index in [4.69, 9.17) is 4.42 Å². The van der Waals surface area contributed by atoms with Gasteiger partial charge in [0.15, 0.2) is 0 Å². The Labute approximate surface area is 308 Å². The van der Waals surface area contributed by atoms with Gasteiger partial charge in [-0.15, -0.1) is 0 Å². The first-order chi connectivity index (χ1) is 27.5. The van der Waals surface area contributed by atoms with E-state index in [0.717, 1.165) is 71.4 Å². The fourth-order valence-corrected chi connectivity index (χ4v) is 7.40. The van der Waals surface area contributed by atoms with Crippen molar-refractivity contribution in [1.82, 2.24) is 0 Å². The lowest BCUT2D eigenvalue weighted by Crippen LogP contribution is -2.11. The number of fused-ring (bicyclic) bond motifs is 6. The van der Waals surface area contributed by atoms with Crippen molar-refractivity contribution >= 4 is 60.5 Å². The molecule has 0 aliphatic heterocycles. The Bertz CT molecular complexity index is 3110. The van der Waals surface area contributed by atoms with E-state index in [2.05, 4.69) is 48.5 Å². The van der Waals surface area contributed by atoms with Crippen LogP contribution >= 0.6 is 0 Å². The fourth-order valence-electron chi connectivity index (χ4n) is 7.40. The summed E-state index contributed by atoms with van der Waals surface area (Å²) in [5.74, 6) is 0. The van der Waals surface area contributed by atoms with Crippen molar-refractivity contribution < 1.29 is 9.90 Å². The molecule has 2 heteroatoms. The molecule has 0 bridgehead atoms. The molecule has 0 aliphatic carbocycles. The first kappa shape index (κ1) is 26.0. The van der Waals surface area contributed by atoms with E-state index in [-0.39, 0.29) is 35.4 Å². The second-order valence-corrected chi connectivity index (χ2v) is 13.0. The number of para-hydroxylation sites is 2. The zero-order chi connectivity index (χ0) is 37.9. The Morgan fingerprint density at radius 1 is 0.385 bits per heavy atom. The second kappa shape index (κ2) is 12.5. The Morgan fingerprint density at radius 2 is 1.02 bits per heavy atom. The third-order valence-electron chi connectivity index (χ3n) is 9.94. The minimum Gasteiger partial charge on any atom is -0.455 e. The van der Waals surface area contributed by atoms with Gasteiger partial charge in [0.2, 0.25) is 0 Å². The number of nitrogens with zero attached hydrogens (tertiary/aromatic N) is 1. The quantitative estimate of drug-likeness (QED) is 0.175. The Hall–Kier alpha value is -6.90. The largest absolute Gasteiger partial charge is 0.455 e. The third kappa shape index (κ3) is 5.12. The van der Waals surface area contributed by atoms with Gasteiger partial charge in [-0.05, 0) is 92.5 Å². The van der Waals surface area contributed by atoms with Crippen LogP contribution in [0.25, 0.3) is 76.9 Å². The maximum absolute atomic E-state index is 9.60. The highest BCUT2D eigenvalue weighted by molar-refractivity contribution is 6.17. The molecule has 0 fully saturated rings. The maximum Gasteiger partial charge on any atom is 0.143 e. The molecule has 0 saturated heterocycles. The van der Waals surface area contributed by atoms with Gasteiger partial charge < -0.3 is 9.32 Å². The molecule has 0 unspecified atom stereocenters. The van der Waals surface area contributed by atoms with Gasteiger partial charge in [0.1, 0.15) is 11.2 Å². The Kier molecular flexibility index (Phi) is 6.22. The minimum atomic E-state index is -0.127. The van der Waals surface area contributed by atoms with Crippen LogP contribution < -0.4 is 4.90 Å². The molecule has 2 nitrogen and oxygen atoms in total. The molecule has 0 aliphatic rings. The lowest BCUT2D eigenvalue weighted by Gasteiger charge is -2.28. The van der Waals surface area contributed by atoms with Gasteiger partial charge >= 0.3 is 0 Å². The number of rotatable bonds is 6. The van der Waals surface area contributed by atoms with E-state index >= 15 is 0 Å². The molecule has 52 heavy (non-hydrogen) atoms. The summed E-state index contributed by atoms with van der Waals surface area (Å²) in [5, 5.41) is 6.10. The van der Waals surface area contributed by atoms with Crippen LogP contribution in [0.4, 0.5) is 17.1 Å². The molecule has 0 amide bonds. The Morgan fingerprint density at radius 3 is 1.88 bits per heavy atom. The zero-order valence-electron chi connectivity index (χ0n) is 32.1. The first-order valence-electron chi connectivity index (χ1n) is 19.4.